The van der Waals surface area contributed by atoms with Crippen molar-refractivity contribution in [3.05, 3.63) is 12.2 Å². The largest absolute Gasteiger partial charge is 0.390 e. The third-order valence-electron chi connectivity index (χ3n) is 8.24. The number of carbonyl (C=O) groups excluding carboxylic acids is 2. The van der Waals surface area contributed by atoms with E-state index < -0.39 is 28.1 Å². The number of carbonyl (C=O) groups is 2. The fourth-order valence-corrected chi connectivity index (χ4v) is 6.44. The molecule has 5 nitrogen and oxygen atoms in total. The molecule has 24 heavy (non-hydrogen) atoms. The Balaban J connectivity index is 1.85. The van der Waals surface area contributed by atoms with Crippen molar-refractivity contribution in [2.24, 2.45) is 22.7 Å². The van der Waals surface area contributed by atoms with Crippen LogP contribution in [0.5, 0.6) is 0 Å². The molecule has 7 unspecified atom stereocenters. The molecule has 4 rings (SSSR count). The second kappa shape index (κ2) is 4.57. The van der Waals surface area contributed by atoms with E-state index in [0.29, 0.717) is 25.7 Å². The lowest BCUT2D eigenvalue weighted by Gasteiger charge is -2.64. The predicted molar refractivity (Wildman–Crippen MR) is 86.0 cm³/mol. The molecule has 0 aromatic carbocycles. The molecule has 7 atom stereocenters. The summed E-state index contributed by atoms with van der Waals surface area (Å²) in [5.41, 5.74) is -4.60. The molecule has 0 bridgehead atoms. The number of fused-ring (bicyclic) bond motifs is 5. The highest BCUT2D eigenvalue weighted by molar-refractivity contribution is 5.97. The van der Waals surface area contributed by atoms with E-state index in [-0.39, 0.29) is 36.2 Å². The summed E-state index contributed by atoms with van der Waals surface area (Å²) in [7, 11) is 0. The fourth-order valence-electron chi connectivity index (χ4n) is 6.44. The molecule has 0 radical (unpaired) electrons. The van der Waals surface area contributed by atoms with Crippen LogP contribution in [0.3, 0.4) is 0 Å². The zero-order valence-electron chi connectivity index (χ0n) is 14.3. The summed E-state index contributed by atoms with van der Waals surface area (Å²) in [5, 5.41) is 33.4. The molecule has 0 aliphatic heterocycles. The molecule has 0 spiro atoms. The maximum atomic E-state index is 12.8. The number of rotatable bonds is 0. The van der Waals surface area contributed by atoms with Crippen molar-refractivity contribution in [3.8, 4) is 0 Å². The molecule has 5 heteroatoms. The van der Waals surface area contributed by atoms with E-state index in [4.69, 9.17) is 0 Å². The van der Waals surface area contributed by atoms with Crippen LogP contribution in [0.25, 0.3) is 0 Å². The van der Waals surface area contributed by atoms with Gasteiger partial charge in [0.25, 0.3) is 0 Å². The van der Waals surface area contributed by atoms with Crippen molar-refractivity contribution < 1.29 is 24.9 Å². The number of allylic oxidation sites excluding steroid dienone is 1. The molecule has 0 saturated heterocycles. The molecule has 3 fully saturated rings. The van der Waals surface area contributed by atoms with Crippen molar-refractivity contribution in [1.29, 1.82) is 0 Å². The minimum atomic E-state index is -1.49. The average Bonchev–Trinajstić information content (AvgIpc) is 2.77. The van der Waals surface area contributed by atoms with Gasteiger partial charge in [0.1, 0.15) is 11.4 Å². The van der Waals surface area contributed by atoms with E-state index >= 15 is 0 Å². The molecular formula is C19H26O5. The Morgan fingerprint density at radius 3 is 2.50 bits per heavy atom. The van der Waals surface area contributed by atoms with Gasteiger partial charge in [0.05, 0.1) is 22.5 Å². The van der Waals surface area contributed by atoms with Gasteiger partial charge in [0.15, 0.2) is 5.78 Å². The van der Waals surface area contributed by atoms with Crippen LogP contribution >= 0.6 is 0 Å². The summed E-state index contributed by atoms with van der Waals surface area (Å²) >= 11 is 0. The molecule has 3 saturated carbocycles. The first kappa shape index (κ1) is 16.4. The summed E-state index contributed by atoms with van der Waals surface area (Å²) in [6.45, 7) is 3.57. The van der Waals surface area contributed by atoms with Crippen LogP contribution in [0.15, 0.2) is 12.2 Å². The normalized spacial score (nSPS) is 56.6. The van der Waals surface area contributed by atoms with Gasteiger partial charge >= 0.3 is 0 Å². The molecule has 0 heterocycles. The van der Waals surface area contributed by atoms with Crippen molar-refractivity contribution in [3.63, 3.8) is 0 Å². The van der Waals surface area contributed by atoms with E-state index in [1.165, 1.54) is 6.08 Å². The zero-order chi connectivity index (χ0) is 17.5. The van der Waals surface area contributed by atoms with E-state index in [1.54, 1.807) is 13.0 Å². The number of ketones is 2. The van der Waals surface area contributed by atoms with Crippen LogP contribution in [0.2, 0.25) is 0 Å². The van der Waals surface area contributed by atoms with Crippen LogP contribution < -0.4 is 0 Å². The third kappa shape index (κ3) is 1.53. The topological polar surface area (TPSA) is 94.8 Å². The van der Waals surface area contributed by atoms with Gasteiger partial charge in [-0.2, -0.15) is 0 Å². The minimum Gasteiger partial charge on any atom is -0.390 e. The van der Waals surface area contributed by atoms with Gasteiger partial charge < -0.3 is 15.3 Å². The standard InChI is InChI=1S/C19H26O5/c1-16-8-5-11-12(18(16,23)9-6-13(16)20)10-15(22)19(24)7-3-4-14(21)17(11,19)2/h3-4,11-12,15,22-24H,5-10H2,1-2H3. The van der Waals surface area contributed by atoms with Crippen molar-refractivity contribution in [2.75, 3.05) is 0 Å². The molecule has 0 amide bonds. The Morgan fingerprint density at radius 1 is 1.08 bits per heavy atom. The van der Waals surface area contributed by atoms with Gasteiger partial charge in [0, 0.05) is 6.42 Å². The Kier molecular flexibility index (Phi) is 3.13. The number of aliphatic hydroxyl groups excluding tert-OH is 1. The van der Waals surface area contributed by atoms with Crippen LogP contribution in [0, 0.1) is 22.7 Å². The molecule has 3 N–H and O–H groups in total. The monoisotopic (exact) mass is 334 g/mol. The van der Waals surface area contributed by atoms with Gasteiger partial charge in [0.2, 0.25) is 0 Å². The minimum absolute atomic E-state index is 0.0822. The predicted octanol–water partition coefficient (Wildman–Crippen LogP) is 1.14. The number of Topliss-reactive ketones (excluding diaryl/α,β-unsaturated/α-hetero) is 1. The molecule has 4 aliphatic rings. The Morgan fingerprint density at radius 2 is 1.79 bits per heavy atom. The van der Waals surface area contributed by atoms with E-state index in [1.807, 2.05) is 6.92 Å². The quantitative estimate of drug-likeness (QED) is 0.618. The van der Waals surface area contributed by atoms with Gasteiger partial charge in [-0.15, -0.1) is 0 Å². The average molecular weight is 334 g/mol. The number of hydrogen-bond donors (Lipinski definition) is 3. The Bertz CT molecular complexity index is 656. The van der Waals surface area contributed by atoms with E-state index in [0.717, 1.165) is 0 Å². The first-order valence-electron chi connectivity index (χ1n) is 8.98. The second-order valence-electron chi connectivity index (χ2n) is 8.78. The summed E-state index contributed by atoms with van der Waals surface area (Å²) in [6.07, 6.45) is 4.40. The first-order chi connectivity index (χ1) is 11.1. The molecule has 4 aliphatic carbocycles. The second-order valence-corrected chi connectivity index (χ2v) is 8.78. The summed E-state index contributed by atoms with van der Waals surface area (Å²) in [5.74, 6) is -0.675. The first-order valence-corrected chi connectivity index (χ1v) is 8.98. The lowest BCUT2D eigenvalue weighted by Crippen LogP contribution is -2.72. The van der Waals surface area contributed by atoms with Crippen LogP contribution in [-0.2, 0) is 9.59 Å². The fraction of sp³-hybridized carbons (Fsp3) is 0.789. The van der Waals surface area contributed by atoms with Gasteiger partial charge in [-0.3, -0.25) is 9.59 Å². The zero-order valence-corrected chi connectivity index (χ0v) is 14.3. The lowest BCUT2D eigenvalue weighted by molar-refractivity contribution is -0.257. The smallest absolute Gasteiger partial charge is 0.164 e. The Hall–Kier alpha value is -1.04. The van der Waals surface area contributed by atoms with Gasteiger partial charge in [-0.25, -0.2) is 0 Å². The maximum absolute atomic E-state index is 12.8. The van der Waals surface area contributed by atoms with Crippen LogP contribution in [-0.4, -0.2) is 44.2 Å². The van der Waals surface area contributed by atoms with E-state index in [2.05, 4.69) is 0 Å². The maximum Gasteiger partial charge on any atom is 0.164 e. The number of hydrogen-bond acceptors (Lipinski definition) is 5. The number of aliphatic hydroxyl groups is 3. The van der Waals surface area contributed by atoms with E-state index in [9.17, 15) is 24.9 Å². The molecular weight excluding hydrogens is 308 g/mol. The van der Waals surface area contributed by atoms with Gasteiger partial charge in [-0.05, 0) is 63.9 Å². The highest BCUT2D eigenvalue weighted by atomic mass is 16.3. The van der Waals surface area contributed by atoms with Crippen LogP contribution in [0.1, 0.15) is 52.4 Å². The molecule has 0 aromatic rings. The van der Waals surface area contributed by atoms with Gasteiger partial charge in [-0.1, -0.05) is 6.08 Å². The van der Waals surface area contributed by atoms with Crippen molar-refractivity contribution in [1.82, 2.24) is 0 Å². The van der Waals surface area contributed by atoms with Crippen molar-refractivity contribution >= 4 is 11.6 Å². The summed E-state index contributed by atoms with van der Waals surface area (Å²) in [4.78, 5) is 25.2. The summed E-state index contributed by atoms with van der Waals surface area (Å²) in [6, 6.07) is 0. The SMILES string of the molecule is CC12CCC3C(CC(O)C4(O)CC=CC(=O)C34C)C1(O)CCC2=O. The molecule has 132 valence electrons. The highest BCUT2D eigenvalue weighted by Crippen LogP contribution is 2.66. The highest BCUT2D eigenvalue weighted by Gasteiger charge is 2.73. The summed E-state index contributed by atoms with van der Waals surface area (Å²) < 4.78 is 0. The van der Waals surface area contributed by atoms with Crippen molar-refractivity contribution in [2.45, 2.75) is 69.7 Å². The third-order valence-corrected chi connectivity index (χ3v) is 8.24. The van der Waals surface area contributed by atoms with Crippen LogP contribution in [0.4, 0.5) is 0 Å². The Labute approximate surface area is 141 Å². The molecule has 0 aromatic heterocycles. The lowest BCUT2D eigenvalue weighted by atomic mass is 9.42.